The van der Waals surface area contributed by atoms with E-state index in [0.717, 1.165) is 22.8 Å². The van der Waals surface area contributed by atoms with Crippen molar-refractivity contribution in [1.82, 2.24) is 0 Å². The summed E-state index contributed by atoms with van der Waals surface area (Å²) >= 11 is 0. The molecule has 5 rings (SSSR count). The van der Waals surface area contributed by atoms with Gasteiger partial charge in [0.1, 0.15) is 11.5 Å². The molecule has 10 N–H and O–H groups in total. The van der Waals surface area contributed by atoms with Crippen LogP contribution in [0.25, 0.3) is 30.4 Å². The first-order valence-electron chi connectivity index (χ1n) is 30.4. The highest BCUT2D eigenvalue weighted by atomic mass is 16.6. The van der Waals surface area contributed by atoms with Gasteiger partial charge in [-0.3, -0.25) is 28.8 Å². The third-order valence-electron chi connectivity index (χ3n) is 13.1. The van der Waals surface area contributed by atoms with Gasteiger partial charge in [0.25, 0.3) is 0 Å². The van der Waals surface area contributed by atoms with E-state index in [0.29, 0.717) is 80.8 Å². The van der Waals surface area contributed by atoms with Crippen LogP contribution in [0.1, 0.15) is 157 Å². The molecule has 0 aromatic heterocycles. The van der Waals surface area contributed by atoms with E-state index in [1.165, 1.54) is 50.5 Å². The second kappa shape index (κ2) is 50.0. The Bertz CT molecular complexity index is 3460. The molecule has 0 unspecified atom stereocenters. The fourth-order valence-corrected chi connectivity index (χ4v) is 7.87. The van der Waals surface area contributed by atoms with E-state index in [2.05, 4.69) is 9.47 Å². The summed E-state index contributed by atoms with van der Waals surface area (Å²) in [4.78, 5) is 101. The molecule has 23 nitrogen and oxygen atoms in total. The molecule has 5 aromatic carbocycles. The number of aliphatic hydroxyl groups excluding tert-OH is 9. The van der Waals surface area contributed by atoms with Crippen molar-refractivity contribution in [3.8, 4) is 5.75 Å². The molecular weight excluding hydrogens is 1240 g/mol. The molecule has 518 valence electrons. The van der Waals surface area contributed by atoms with E-state index in [4.69, 9.17) is 50.3 Å². The molecule has 0 aliphatic carbocycles. The number of benzene rings is 5. The number of allylic oxidation sites excluding steroid dienone is 3. The zero-order valence-electron chi connectivity index (χ0n) is 54.6. The van der Waals surface area contributed by atoms with Gasteiger partial charge in [-0.05, 0) is 166 Å². The maximum absolute atomic E-state index is 11.6. The molecule has 0 atom stereocenters. The number of hydrogen-bond donors (Lipinski definition) is 10. The number of aliphatic hydroxyl groups is 9. The van der Waals surface area contributed by atoms with Crippen molar-refractivity contribution >= 4 is 83.4 Å². The van der Waals surface area contributed by atoms with Crippen molar-refractivity contribution in [1.29, 1.82) is 0 Å². The van der Waals surface area contributed by atoms with Crippen molar-refractivity contribution in [2.75, 3.05) is 20.3 Å². The summed E-state index contributed by atoms with van der Waals surface area (Å²) in [6, 6.07) is 25.2. The Balaban J connectivity index is 0.000000601. The lowest BCUT2D eigenvalue weighted by atomic mass is 10.0. The molecule has 0 aliphatic rings. The van der Waals surface area contributed by atoms with Gasteiger partial charge in [0.05, 0.1) is 92.6 Å². The van der Waals surface area contributed by atoms with Crippen LogP contribution in [0.4, 0.5) is 0 Å². The number of ether oxygens (including phenoxy) is 4. The van der Waals surface area contributed by atoms with Crippen molar-refractivity contribution in [2.24, 2.45) is 0 Å². The van der Waals surface area contributed by atoms with Crippen LogP contribution in [0.2, 0.25) is 0 Å². The largest absolute Gasteiger partial charge is 0.508 e. The average Bonchev–Trinajstić information content (AvgIpc) is 0.991. The van der Waals surface area contributed by atoms with Gasteiger partial charge in [0.15, 0.2) is 17.3 Å². The minimum absolute atomic E-state index is 0.00313. The molecule has 23 heteroatoms. The predicted molar refractivity (Wildman–Crippen MR) is 357 cm³/mol. The molecule has 96 heavy (non-hydrogen) atoms. The Labute approximate surface area is 558 Å². The standard InChI is InChI=1S/C16H20O5.2C15H18O5.C15H18O4.C12H14O4/c1-2-21-16(20)8-7-15(19)6-4-12-3-5-13(10-17)14(9-12)11-18;1-2-20-15(19)8-6-13(17)5-3-11-4-7-14(18)12(9-11)10-16;1-2-3-14(18)20-15(19)7-5-11-4-6-12(9-16)13(8-11)10-17;1-11(18)2-6-15(19)7-4-12-3-5-13(9-16)14(8-12)10-17;1-16-12(15)5-3-9-2-4-10(7-13)11(6-9)8-14/h3-6,9,17-18H,2,7-8,10-11H2,1H3;3-5,7,9,16,18H,2,6,8,10H2,1H3;4-8,16-17H,2-3,9-10H2,1H3;3-5,7-8,16-17H,2,6,9-10H2,1H3;2-6,13-14H,7-8H2,1H3/b6-4+;5-3+;7-5+;7-4+;5-3+. The number of ketones is 4. The highest BCUT2D eigenvalue weighted by Crippen LogP contribution is 2.21. The molecule has 0 saturated carbocycles. The van der Waals surface area contributed by atoms with Crippen molar-refractivity contribution in [2.45, 2.75) is 139 Å². The summed E-state index contributed by atoms with van der Waals surface area (Å²) in [6.45, 7) is 5.84. The molecule has 0 fully saturated rings. The van der Waals surface area contributed by atoms with Crippen LogP contribution in [0, 0.1) is 0 Å². The number of hydrogen-bond acceptors (Lipinski definition) is 23. The van der Waals surface area contributed by atoms with Crippen molar-refractivity contribution in [3.05, 3.63) is 199 Å². The number of aromatic hydroxyl groups is 1. The Morgan fingerprint density at radius 2 is 0.635 bits per heavy atom. The first-order chi connectivity index (χ1) is 46.0. The molecule has 0 aliphatic heterocycles. The molecular formula is C73H88O23. The van der Waals surface area contributed by atoms with Gasteiger partial charge in [0.2, 0.25) is 0 Å². The zero-order valence-corrected chi connectivity index (χ0v) is 54.6. The van der Waals surface area contributed by atoms with Gasteiger partial charge in [-0.2, -0.15) is 0 Å². The minimum Gasteiger partial charge on any atom is -0.508 e. The maximum atomic E-state index is 11.6. The number of carbonyl (C=O) groups excluding carboxylic acids is 9. The van der Waals surface area contributed by atoms with Crippen molar-refractivity contribution in [3.63, 3.8) is 0 Å². The Morgan fingerprint density at radius 1 is 0.344 bits per heavy atom. The number of carbonyl (C=O) groups is 9. The summed E-state index contributed by atoms with van der Waals surface area (Å²) in [5, 5.41) is 91.2. The van der Waals surface area contributed by atoms with Gasteiger partial charge in [-0.25, -0.2) is 9.59 Å². The number of Topliss-reactive ketones (excluding diaryl/α,β-unsaturated/α-hetero) is 1. The summed E-state index contributed by atoms with van der Waals surface area (Å²) < 4.78 is 18.5. The predicted octanol–water partition coefficient (Wildman–Crippen LogP) is 7.44. The van der Waals surface area contributed by atoms with Crippen LogP contribution in [0.5, 0.6) is 5.75 Å². The average molecular weight is 1330 g/mol. The van der Waals surface area contributed by atoms with E-state index >= 15 is 0 Å². The fourth-order valence-electron chi connectivity index (χ4n) is 7.87. The third-order valence-corrected chi connectivity index (χ3v) is 13.1. The quantitative estimate of drug-likeness (QED) is 0.00865. The van der Waals surface area contributed by atoms with Crippen LogP contribution < -0.4 is 0 Å². The van der Waals surface area contributed by atoms with Gasteiger partial charge >= 0.3 is 29.8 Å². The molecule has 0 radical (unpaired) electrons. The number of esters is 5. The molecule has 0 amide bonds. The molecule has 0 spiro atoms. The van der Waals surface area contributed by atoms with Crippen molar-refractivity contribution < 1.29 is 113 Å². The molecule has 5 aromatic rings. The first-order valence-corrected chi connectivity index (χ1v) is 30.4. The monoisotopic (exact) mass is 1330 g/mol. The first kappa shape index (κ1) is 84.5. The lowest BCUT2D eigenvalue weighted by Gasteiger charge is -2.05. The van der Waals surface area contributed by atoms with Gasteiger partial charge in [0, 0.05) is 49.8 Å². The highest BCUT2D eigenvalue weighted by Gasteiger charge is 2.11. The summed E-state index contributed by atoms with van der Waals surface area (Å²) in [6.07, 6.45) is 16.2. The van der Waals surface area contributed by atoms with E-state index < -0.39 is 17.9 Å². The number of phenols is 1. The maximum Gasteiger partial charge on any atom is 0.338 e. The van der Waals surface area contributed by atoms with E-state index in [9.17, 15) is 53.4 Å². The summed E-state index contributed by atoms with van der Waals surface area (Å²) in [5.74, 6) is -2.92. The van der Waals surface area contributed by atoms with Gasteiger partial charge in [-0.15, -0.1) is 0 Å². The molecule has 0 saturated heterocycles. The normalized spacial score (nSPS) is 10.8. The second-order valence-electron chi connectivity index (χ2n) is 20.4. The zero-order chi connectivity index (χ0) is 71.8. The Morgan fingerprint density at radius 3 is 0.927 bits per heavy atom. The topological polar surface area (TPSA) is 393 Å². The van der Waals surface area contributed by atoms with Crippen LogP contribution in [-0.4, -0.2) is 124 Å². The van der Waals surface area contributed by atoms with E-state index in [1.807, 2.05) is 6.92 Å². The highest BCUT2D eigenvalue weighted by molar-refractivity contribution is 5.97. The molecule has 0 bridgehead atoms. The van der Waals surface area contributed by atoms with Crippen LogP contribution in [-0.2, 0) is 122 Å². The van der Waals surface area contributed by atoms with Gasteiger partial charge < -0.3 is 74.8 Å². The lowest BCUT2D eigenvalue weighted by Crippen LogP contribution is -2.09. The third kappa shape index (κ3) is 35.7. The summed E-state index contributed by atoms with van der Waals surface area (Å²) in [7, 11) is 1.31. The summed E-state index contributed by atoms with van der Waals surface area (Å²) in [5.41, 5.74) is 9.19. The number of rotatable bonds is 32. The Kier molecular flexibility index (Phi) is 44.0. The number of methoxy groups -OCH3 is 1. The molecule has 0 heterocycles. The fraction of sp³-hybridized carbons (Fsp3) is 0.329. The van der Waals surface area contributed by atoms with Crippen LogP contribution in [0.15, 0.2) is 121 Å². The van der Waals surface area contributed by atoms with E-state index in [1.54, 1.807) is 123 Å². The van der Waals surface area contributed by atoms with Crippen LogP contribution in [0.3, 0.4) is 0 Å². The lowest BCUT2D eigenvalue weighted by molar-refractivity contribution is -0.156. The van der Waals surface area contributed by atoms with Gasteiger partial charge in [-0.1, -0.05) is 79.7 Å². The minimum atomic E-state index is -0.722. The Hall–Kier alpha value is -9.53. The van der Waals surface area contributed by atoms with E-state index in [-0.39, 0.29) is 145 Å². The smallest absolute Gasteiger partial charge is 0.338 e. The second-order valence-corrected chi connectivity index (χ2v) is 20.4. The SMILES string of the molecule is CC(=O)CCC(=O)/C=C/c1ccc(CO)c(CO)c1.CCCC(=O)OC(=O)/C=C/c1ccc(CO)c(CO)c1.CCOC(=O)CCC(=O)/C=C/c1ccc(CO)c(CO)c1.CCOC(=O)CCC(=O)/C=C/c1ccc(O)c(CO)c1.COC(=O)/C=C/c1ccc(CO)c(CO)c1. The van der Waals surface area contributed by atoms with Crippen LogP contribution >= 0.6 is 0 Å².